The molecule has 1 aliphatic rings. The van der Waals surface area contributed by atoms with Gasteiger partial charge in [0.05, 0.1) is 4.90 Å². The summed E-state index contributed by atoms with van der Waals surface area (Å²) in [5.74, 6) is -0.243. The van der Waals surface area contributed by atoms with E-state index >= 15 is 0 Å². The summed E-state index contributed by atoms with van der Waals surface area (Å²) in [6, 6.07) is 17.4. The Hall–Kier alpha value is -1.98. The summed E-state index contributed by atoms with van der Waals surface area (Å²) in [5.41, 5.74) is 0.645. The molecule has 0 radical (unpaired) electrons. The van der Waals surface area contributed by atoms with E-state index in [2.05, 4.69) is 0 Å². The Morgan fingerprint density at radius 1 is 0.955 bits per heavy atom. The van der Waals surface area contributed by atoms with E-state index < -0.39 is 10.0 Å². The standard InChI is InChI=1S/C17H17NO3S/c19-17(14-7-3-1-4-8-14)15-11-12-18(13-15)22(20,21)16-9-5-2-6-10-16/h1-10,15H,11-13H2. The van der Waals surface area contributed by atoms with Gasteiger partial charge in [-0.2, -0.15) is 4.31 Å². The number of Topliss-reactive ketones (excluding diaryl/α,β-unsaturated/α-hetero) is 1. The van der Waals surface area contributed by atoms with E-state index in [-0.39, 0.29) is 23.1 Å². The Balaban J connectivity index is 1.77. The first kappa shape index (κ1) is 14.9. The predicted octanol–water partition coefficient (Wildman–Crippen LogP) is 2.58. The third kappa shape index (κ3) is 2.82. The summed E-state index contributed by atoms with van der Waals surface area (Å²) < 4.78 is 26.5. The lowest BCUT2D eigenvalue weighted by molar-refractivity contribution is 0.0927. The smallest absolute Gasteiger partial charge is 0.243 e. The van der Waals surface area contributed by atoms with Crippen LogP contribution in [0.1, 0.15) is 16.8 Å². The highest BCUT2D eigenvalue weighted by Gasteiger charge is 2.35. The van der Waals surface area contributed by atoms with Crippen LogP contribution in [0.5, 0.6) is 0 Å². The van der Waals surface area contributed by atoms with Crippen LogP contribution in [0.2, 0.25) is 0 Å². The molecule has 0 aliphatic carbocycles. The minimum atomic E-state index is -3.51. The molecule has 5 heteroatoms. The lowest BCUT2D eigenvalue weighted by atomic mass is 9.97. The molecule has 22 heavy (non-hydrogen) atoms. The third-order valence-corrected chi connectivity index (χ3v) is 5.84. The summed E-state index contributed by atoms with van der Waals surface area (Å²) in [6.07, 6.45) is 0.569. The van der Waals surface area contributed by atoms with E-state index in [0.717, 1.165) is 0 Å². The van der Waals surface area contributed by atoms with Crippen molar-refractivity contribution in [2.75, 3.05) is 13.1 Å². The number of ketones is 1. The molecular weight excluding hydrogens is 298 g/mol. The summed E-state index contributed by atoms with van der Waals surface area (Å²) in [6.45, 7) is 0.644. The number of hydrogen-bond acceptors (Lipinski definition) is 3. The van der Waals surface area contributed by atoms with Crippen molar-refractivity contribution in [3.63, 3.8) is 0 Å². The zero-order valence-electron chi connectivity index (χ0n) is 12.1. The Kier molecular flexibility index (Phi) is 4.09. The predicted molar refractivity (Wildman–Crippen MR) is 84.1 cm³/mol. The quantitative estimate of drug-likeness (QED) is 0.815. The molecule has 1 aliphatic heterocycles. The van der Waals surface area contributed by atoms with Crippen LogP contribution in [-0.2, 0) is 10.0 Å². The highest BCUT2D eigenvalue weighted by Crippen LogP contribution is 2.26. The fourth-order valence-electron chi connectivity index (χ4n) is 2.74. The summed E-state index contributed by atoms with van der Waals surface area (Å²) in [5, 5.41) is 0. The van der Waals surface area contributed by atoms with Crippen molar-refractivity contribution >= 4 is 15.8 Å². The van der Waals surface area contributed by atoms with Crippen molar-refractivity contribution in [1.29, 1.82) is 0 Å². The first-order valence-electron chi connectivity index (χ1n) is 7.23. The molecule has 2 aromatic rings. The number of rotatable bonds is 4. The van der Waals surface area contributed by atoms with Crippen LogP contribution in [-0.4, -0.2) is 31.6 Å². The van der Waals surface area contributed by atoms with Crippen molar-refractivity contribution in [3.8, 4) is 0 Å². The van der Waals surface area contributed by atoms with Gasteiger partial charge in [0.2, 0.25) is 10.0 Å². The second kappa shape index (κ2) is 6.02. The second-order valence-electron chi connectivity index (χ2n) is 5.39. The fourth-order valence-corrected chi connectivity index (χ4v) is 4.26. The maximum Gasteiger partial charge on any atom is 0.243 e. The maximum absolute atomic E-state index is 12.6. The molecule has 0 saturated carbocycles. The van der Waals surface area contributed by atoms with E-state index in [1.165, 1.54) is 4.31 Å². The monoisotopic (exact) mass is 315 g/mol. The van der Waals surface area contributed by atoms with Gasteiger partial charge in [0.15, 0.2) is 5.78 Å². The SMILES string of the molecule is O=C(c1ccccc1)C1CCN(S(=O)(=O)c2ccccc2)C1. The van der Waals surface area contributed by atoms with Crippen LogP contribution < -0.4 is 0 Å². The lowest BCUT2D eigenvalue weighted by Crippen LogP contribution is -2.30. The van der Waals surface area contributed by atoms with E-state index in [1.807, 2.05) is 18.2 Å². The van der Waals surface area contributed by atoms with Crippen molar-refractivity contribution in [2.45, 2.75) is 11.3 Å². The van der Waals surface area contributed by atoms with E-state index in [1.54, 1.807) is 42.5 Å². The van der Waals surface area contributed by atoms with Gasteiger partial charge in [0.25, 0.3) is 0 Å². The number of sulfonamides is 1. The first-order chi connectivity index (χ1) is 10.6. The number of carbonyl (C=O) groups excluding carboxylic acids is 1. The van der Waals surface area contributed by atoms with Gasteiger partial charge in [0.1, 0.15) is 0 Å². The normalized spacial score (nSPS) is 19.2. The van der Waals surface area contributed by atoms with Gasteiger partial charge < -0.3 is 0 Å². The molecule has 3 rings (SSSR count). The topological polar surface area (TPSA) is 54.5 Å². The molecule has 2 aromatic carbocycles. The lowest BCUT2D eigenvalue weighted by Gasteiger charge is -2.16. The van der Waals surface area contributed by atoms with Crippen molar-refractivity contribution in [2.24, 2.45) is 5.92 Å². The Bertz CT molecular complexity index is 757. The molecular formula is C17H17NO3S. The average molecular weight is 315 g/mol. The van der Waals surface area contributed by atoms with Gasteiger partial charge in [-0.15, -0.1) is 0 Å². The van der Waals surface area contributed by atoms with Gasteiger partial charge >= 0.3 is 0 Å². The Morgan fingerprint density at radius 3 is 2.18 bits per heavy atom. The van der Waals surface area contributed by atoms with Gasteiger partial charge in [-0.25, -0.2) is 8.42 Å². The van der Waals surface area contributed by atoms with E-state index in [9.17, 15) is 13.2 Å². The first-order valence-corrected chi connectivity index (χ1v) is 8.67. The van der Waals surface area contributed by atoms with Crippen LogP contribution in [0.25, 0.3) is 0 Å². The van der Waals surface area contributed by atoms with Crippen LogP contribution in [0, 0.1) is 5.92 Å². The number of hydrogen-bond donors (Lipinski definition) is 0. The highest BCUT2D eigenvalue weighted by molar-refractivity contribution is 7.89. The van der Waals surface area contributed by atoms with Crippen LogP contribution in [0.15, 0.2) is 65.6 Å². The summed E-state index contributed by atoms with van der Waals surface area (Å²) in [7, 11) is -3.51. The largest absolute Gasteiger partial charge is 0.294 e. The van der Waals surface area contributed by atoms with Crippen molar-refractivity contribution in [3.05, 3.63) is 66.2 Å². The van der Waals surface area contributed by atoms with Gasteiger partial charge in [-0.1, -0.05) is 48.5 Å². The van der Waals surface area contributed by atoms with Gasteiger partial charge in [0, 0.05) is 24.6 Å². The minimum absolute atomic E-state index is 0.0198. The van der Waals surface area contributed by atoms with Crippen LogP contribution in [0.4, 0.5) is 0 Å². The number of carbonyl (C=O) groups is 1. The molecule has 1 heterocycles. The minimum Gasteiger partial charge on any atom is -0.294 e. The van der Waals surface area contributed by atoms with Gasteiger partial charge in [-0.3, -0.25) is 4.79 Å². The molecule has 0 N–H and O–H groups in total. The molecule has 1 fully saturated rings. The van der Waals surface area contributed by atoms with E-state index in [4.69, 9.17) is 0 Å². The summed E-state index contributed by atoms with van der Waals surface area (Å²) >= 11 is 0. The van der Waals surface area contributed by atoms with Crippen molar-refractivity contribution < 1.29 is 13.2 Å². The molecule has 1 saturated heterocycles. The molecule has 4 nitrogen and oxygen atoms in total. The Morgan fingerprint density at radius 2 is 1.55 bits per heavy atom. The average Bonchev–Trinajstić information content (AvgIpc) is 3.06. The number of nitrogens with zero attached hydrogens (tertiary/aromatic N) is 1. The highest BCUT2D eigenvalue weighted by atomic mass is 32.2. The zero-order valence-corrected chi connectivity index (χ0v) is 12.9. The second-order valence-corrected chi connectivity index (χ2v) is 7.33. The molecule has 0 aromatic heterocycles. The molecule has 0 bridgehead atoms. The molecule has 1 unspecified atom stereocenters. The molecule has 0 amide bonds. The fraction of sp³-hybridized carbons (Fsp3) is 0.235. The van der Waals surface area contributed by atoms with E-state index in [0.29, 0.717) is 18.5 Å². The molecule has 1 atom stereocenters. The Labute approximate surface area is 130 Å². The van der Waals surface area contributed by atoms with Crippen LogP contribution >= 0.6 is 0 Å². The summed E-state index contributed by atoms with van der Waals surface area (Å²) in [4.78, 5) is 12.7. The van der Waals surface area contributed by atoms with Gasteiger partial charge in [-0.05, 0) is 18.6 Å². The maximum atomic E-state index is 12.6. The van der Waals surface area contributed by atoms with Crippen LogP contribution in [0.3, 0.4) is 0 Å². The van der Waals surface area contributed by atoms with Crippen molar-refractivity contribution in [1.82, 2.24) is 4.31 Å². The molecule has 114 valence electrons. The molecule has 0 spiro atoms. The number of benzene rings is 2. The third-order valence-electron chi connectivity index (χ3n) is 3.96. The zero-order chi connectivity index (χ0) is 15.6.